The third-order valence-corrected chi connectivity index (χ3v) is 3.19. The fraction of sp³-hybridized carbons (Fsp3) is 0.312. The van der Waals surface area contributed by atoms with E-state index in [1.165, 1.54) is 0 Å². The van der Waals surface area contributed by atoms with Gasteiger partial charge in [0.2, 0.25) is 0 Å². The highest BCUT2D eigenvalue weighted by Crippen LogP contribution is 2.29. The number of benzene rings is 1. The van der Waals surface area contributed by atoms with Crippen molar-refractivity contribution in [3.8, 4) is 11.5 Å². The van der Waals surface area contributed by atoms with Crippen molar-refractivity contribution in [2.75, 3.05) is 19.5 Å². The summed E-state index contributed by atoms with van der Waals surface area (Å²) in [6.45, 7) is 3.71. The van der Waals surface area contributed by atoms with Crippen molar-refractivity contribution < 1.29 is 18.7 Å². The lowest BCUT2D eigenvalue weighted by Gasteiger charge is -2.15. The zero-order valence-corrected chi connectivity index (χ0v) is 13.1. The number of methoxy groups -OCH3 is 2. The Kier molecular flexibility index (Phi) is 4.93. The van der Waals surface area contributed by atoms with E-state index in [0.29, 0.717) is 22.9 Å². The molecule has 1 heterocycles. The quantitative estimate of drug-likeness (QED) is 0.887. The monoisotopic (exact) mass is 304 g/mol. The maximum Gasteiger partial charge on any atom is 0.319 e. The second kappa shape index (κ2) is 6.89. The van der Waals surface area contributed by atoms with Gasteiger partial charge in [0, 0.05) is 6.07 Å². The molecule has 0 bridgehead atoms. The number of anilines is 1. The minimum absolute atomic E-state index is 0.245. The van der Waals surface area contributed by atoms with Crippen LogP contribution in [0, 0.1) is 6.92 Å². The van der Waals surface area contributed by atoms with Gasteiger partial charge in [-0.1, -0.05) is 0 Å². The lowest BCUT2D eigenvalue weighted by Crippen LogP contribution is -2.31. The molecule has 0 aliphatic carbocycles. The van der Waals surface area contributed by atoms with E-state index in [1.807, 2.05) is 26.0 Å². The highest BCUT2D eigenvalue weighted by Gasteiger charge is 2.14. The van der Waals surface area contributed by atoms with Gasteiger partial charge in [-0.2, -0.15) is 0 Å². The zero-order chi connectivity index (χ0) is 16.1. The van der Waals surface area contributed by atoms with Crippen molar-refractivity contribution in [2.45, 2.75) is 19.9 Å². The van der Waals surface area contributed by atoms with Gasteiger partial charge in [0.15, 0.2) is 0 Å². The number of furan rings is 1. The summed E-state index contributed by atoms with van der Waals surface area (Å²) in [5, 5.41) is 5.55. The number of urea groups is 1. The predicted molar refractivity (Wildman–Crippen MR) is 83.6 cm³/mol. The highest BCUT2D eigenvalue weighted by molar-refractivity contribution is 5.91. The largest absolute Gasteiger partial charge is 0.497 e. The van der Waals surface area contributed by atoms with E-state index in [4.69, 9.17) is 13.9 Å². The van der Waals surface area contributed by atoms with Crippen LogP contribution in [-0.4, -0.2) is 20.3 Å². The molecule has 1 atom stereocenters. The van der Waals surface area contributed by atoms with Gasteiger partial charge in [-0.05, 0) is 38.1 Å². The van der Waals surface area contributed by atoms with Crippen molar-refractivity contribution in [3.05, 3.63) is 41.9 Å². The minimum Gasteiger partial charge on any atom is -0.497 e. The summed E-state index contributed by atoms with van der Waals surface area (Å²) >= 11 is 0. The summed E-state index contributed by atoms with van der Waals surface area (Å²) in [7, 11) is 3.10. The zero-order valence-electron chi connectivity index (χ0n) is 13.1. The first-order valence-corrected chi connectivity index (χ1v) is 6.89. The van der Waals surface area contributed by atoms with Crippen LogP contribution in [0.2, 0.25) is 0 Å². The average Bonchev–Trinajstić information content (AvgIpc) is 2.93. The molecule has 22 heavy (non-hydrogen) atoms. The Morgan fingerprint density at radius 1 is 1.18 bits per heavy atom. The summed E-state index contributed by atoms with van der Waals surface area (Å²) in [4.78, 5) is 12.1. The molecule has 0 unspecified atom stereocenters. The SMILES string of the molecule is COc1ccc(OC)c(NC(=O)N[C@H](C)c2ccc(C)o2)c1. The predicted octanol–water partition coefficient (Wildman–Crippen LogP) is 3.49. The number of nitrogens with one attached hydrogen (secondary N) is 2. The van der Waals surface area contributed by atoms with E-state index in [1.54, 1.807) is 32.4 Å². The van der Waals surface area contributed by atoms with Crippen LogP contribution in [-0.2, 0) is 0 Å². The fourth-order valence-corrected chi connectivity index (χ4v) is 2.02. The Labute approximate surface area is 129 Å². The van der Waals surface area contributed by atoms with Gasteiger partial charge in [0.25, 0.3) is 0 Å². The van der Waals surface area contributed by atoms with Gasteiger partial charge in [-0.15, -0.1) is 0 Å². The Hall–Kier alpha value is -2.63. The smallest absolute Gasteiger partial charge is 0.319 e. The van der Waals surface area contributed by atoms with E-state index >= 15 is 0 Å². The van der Waals surface area contributed by atoms with Crippen molar-refractivity contribution in [1.29, 1.82) is 0 Å². The van der Waals surface area contributed by atoms with Crippen LogP contribution in [0.25, 0.3) is 0 Å². The van der Waals surface area contributed by atoms with Crippen LogP contribution in [0.4, 0.5) is 10.5 Å². The number of rotatable bonds is 5. The van der Waals surface area contributed by atoms with Gasteiger partial charge >= 0.3 is 6.03 Å². The van der Waals surface area contributed by atoms with Crippen LogP contribution in [0.5, 0.6) is 11.5 Å². The van der Waals surface area contributed by atoms with Gasteiger partial charge in [-0.3, -0.25) is 0 Å². The van der Waals surface area contributed by atoms with Gasteiger partial charge in [0.05, 0.1) is 25.9 Å². The molecule has 1 aromatic heterocycles. The molecular formula is C16H20N2O4. The summed E-state index contributed by atoms with van der Waals surface area (Å²) in [6.07, 6.45) is 0. The molecule has 0 saturated heterocycles. The number of amides is 2. The van der Waals surface area contributed by atoms with E-state index in [-0.39, 0.29) is 12.1 Å². The van der Waals surface area contributed by atoms with Crippen LogP contribution < -0.4 is 20.1 Å². The Bertz CT molecular complexity index is 651. The first kappa shape index (κ1) is 15.8. The van der Waals surface area contributed by atoms with Crippen LogP contribution >= 0.6 is 0 Å². The lowest BCUT2D eigenvalue weighted by molar-refractivity contribution is 0.247. The topological polar surface area (TPSA) is 72.7 Å². The molecule has 0 fully saturated rings. The van der Waals surface area contributed by atoms with Crippen molar-refractivity contribution in [1.82, 2.24) is 5.32 Å². The van der Waals surface area contributed by atoms with Gasteiger partial charge in [-0.25, -0.2) is 4.79 Å². The number of hydrogen-bond donors (Lipinski definition) is 2. The molecule has 1 aromatic carbocycles. The number of aryl methyl sites for hydroxylation is 1. The first-order valence-electron chi connectivity index (χ1n) is 6.89. The first-order chi connectivity index (χ1) is 10.5. The lowest BCUT2D eigenvalue weighted by atomic mass is 10.2. The maximum atomic E-state index is 12.1. The van der Waals surface area contributed by atoms with E-state index < -0.39 is 0 Å². The summed E-state index contributed by atoms with van der Waals surface area (Å²) in [5.74, 6) is 2.69. The number of carbonyl (C=O) groups excluding carboxylic acids is 1. The molecule has 0 saturated carbocycles. The van der Waals surface area contributed by atoms with Crippen molar-refractivity contribution in [2.24, 2.45) is 0 Å². The molecule has 118 valence electrons. The molecule has 6 nitrogen and oxygen atoms in total. The maximum absolute atomic E-state index is 12.1. The summed E-state index contributed by atoms with van der Waals surface area (Å²) < 4.78 is 15.9. The Morgan fingerprint density at radius 2 is 1.95 bits per heavy atom. The molecule has 2 N–H and O–H groups in total. The molecule has 0 spiro atoms. The van der Waals surface area contributed by atoms with E-state index in [2.05, 4.69) is 10.6 Å². The number of hydrogen-bond acceptors (Lipinski definition) is 4. The van der Waals surface area contributed by atoms with E-state index in [9.17, 15) is 4.79 Å². The molecular weight excluding hydrogens is 284 g/mol. The summed E-state index contributed by atoms with van der Waals surface area (Å²) in [5.41, 5.74) is 0.530. The second-order valence-corrected chi connectivity index (χ2v) is 4.83. The van der Waals surface area contributed by atoms with Gasteiger partial charge in [0.1, 0.15) is 23.0 Å². The molecule has 6 heteroatoms. The third kappa shape index (κ3) is 3.72. The normalized spacial score (nSPS) is 11.6. The Morgan fingerprint density at radius 3 is 2.55 bits per heavy atom. The minimum atomic E-state index is -0.354. The molecule has 0 aliphatic heterocycles. The van der Waals surface area contributed by atoms with Crippen molar-refractivity contribution in [3.63, 3.8) is 0 Å². The molecule has 0 radical (unpaired) electrons. The molecule has 2 aromatic rings. The molecule has 2 rings (SSSR count). The fourth-order valence-electron chi connectivity index (χ4n) is 2.02. The molecule has 0 aliphatic rings. The standard InChI is InChI=1S/C16H20N2O4/c1-10-5-7-14(22-10)11(2)17-16(19)18-13-9-12(20-3)6-8-15(13)21-4/h5-9,11H,1-4H3,(H2,17,18,19)/t11-/m1/s1. The highest BCUT2D eigenvalue weighted by atomic mass is 16.5. The molecule has 2 amide bonds. The average molecular weight is 304 g/mol. The summed E-state index contributed by atoms with van der Waals surface area (Å²) in [6, 6.07) is 8.28. The van der Waals surface area contributed by atoms with Crippen molar-refractivity contribution >= 4 is 11.7 Å². The van der Waals surface area contributed by atoms with Crippen LogP contribution in [0.15, 0.2) is 34.7 Å². The van der Waals surface area contributed by atoms with Crippen LogP contribution in [0.1, 0.15) is 24.5 Å². The number of carbonyl (C=O) groups is 1. The van der Waals surface area contributed by atoms with Gasteiger partial charge < -0.3 is 24.5 Å². The van der Waals surface area contributed by atoms with Crippen LogP contribution in [0.3, 0.4) is 0 Å². The Balaban J connectivity index is 2.05. The third-order valence-electron chi connectivity index (χ3n) is 3.19. The van der Waals surface area contributed by atoms with E-state index in [0.717, 1.165) is 5.76 Å². The number of ether oxygens (including phenoxy) is 2. The second-order valence-electron chi connectivity index (χ2n) is 4.83.